The second kappa shape index (κ2) is 8.46. The number of Topliss-reactive ketones (excluding diaryl/α,β-unsaturated/α-hetero) is 1. The number of aromatic nitrogens is 2. The van der Waals surface area contributed by atoms with Gasteiger partial charge in [0.15, 0.2) is 10.6 Å². The number of carbonyl (C=O) groups excluding carboxylic acids is 1. The second-order valence-electron chi connectivity index (χ2n) is 8.83. The topological polar surface area (TPSA) is 76.4 Å². The lowest BCUT2D eigenvalue weighted by Crippen LogP contribution is -2.39. The molecule has 0 aliphatic carbocycles. The van der Waals surface area contributed by atoms with Crippen LogP contribution in [0.15, 0.2) is 87.9 Å². The molecule has 6 rings (SSSR count). The smallest absolute Gasteiger partial charge is 0.271 e. The Bertz CT molecular complexity index is 1910. The van der Waals surface area contributed by atoms with Crippen LogP contribution < -0.4 is 19.6 Å². The molecule has 0 saturated carbocycles. The van der Waals surface area contributed by atoms with Gasteiger partial charge in [-0.1, -0.05) is 59.9 Å². The number of ether oxygens (including phenoxy) is 1. The molecule has 1 N–H and O–H groups in total. The van der Waals surface area contributed by atoms with Gasteiger partial charge in [-0.25, -0.2) is 4.99 Å². The van der Waals surface area contributed by atoms with Gasteiger partial charge >= 0.3 is 0 Å². The Balaban J connectivity index is 1.68. The van der Waals surface area contributed by atoms with Crippen molar-refractivity contribution in [2.45, 2.75) is 19.9 Å². The molecule has 7 heteroatoms. The number of aromatic amines is 1. The first-order valence-electron chi connectivity index (χ1n) is 11.6. The van der Waals surface area contributed by atoms with Crippen molar-refractivity contribution in [1.82, 2.24) is 9.55 Å². The Morgan fingerprint density at radius 2 is 1.83 bits per heavy atom. The molecule has 0 spiro atoms. The van der Waals surface area contributed by atoms with E-state index in [2.05, 4.69) is 4.98 Å². The third-order valence-corrected chi connectivity index (χ3v) is 7.72. The zero-order valence-electron chi connectivity index (χ0n) is 20.0. The van der Waals surface area contributed by atoms with Crippen LogP contribution in [0.25, 0.3) is 27.8 Å². The number of nitrogens with one attached hydrogen (secondary N) is 1. The molecule has 1 aliphatic rings. The maximum absolute atomic E-state index is 14.0. The van der Waals surface area contributed by atoms with E-state index in [-0.39, 0.29) is 11.3 Å². The number of benzene rings is 3. The number of ketones is 1. The van der Waals surface area contributed by atoms with Gasteiger partial charge in [0.05, 0.1) is 17.7 Å². The molecule has 2 aromatic heterocycles. The van der Waals surface area contributed by atoms with E-state index >= 15 is 0 Å². The highest BCUT2D eigenvalue weighted by atomic mass is 32.1. The van der Waals surface area contributed by atoms with Crippen molar-refractivity contribution in [1.29, 1.82) is 0 Å². The number of hydrogen-bond donors (Lipinski definition) is 1. The zero-order chi connectivity index (χ0) is 25.0. The molecule has 6 nitrogen and oxygen atoms in total. The molecule has 3 heterocycles. The summed E-state index contributed by atoms with van der Waals surface area (Å²) < 4.78 is 7.98. The van der Waals surface area contributed by atoms with Crippen LogP contribution in [0.3, 0.4) is 0 Å². The van der Waals surface area contributed by atoms with Crippen molar-refractivity contribution in [3.63, 3.8) is 0 Å². The molecular weight excluding hydrogens is 470 g/mol. The molecule has 3 aromatic carbocycles. The van der Waals surface area contributed by atoms with Crippen molar-refractivity contribution < 1.29 is 9.53 Å². The number of hydrogen-bond acceptors (Lipinski definition) is 5. The van der Waals surface area contributed by atoms with Crippen LogP contribution in [0, 0.1) is 0 Å². The lowest BCUT2D eigenvalue weighted by atomic mass is 9.89. The molecule has 1 atom stereocenters. The van der Waals surface area contributed by atoms with Crippen molar-refractivity contribution >= 4 is 44.9 Å². The average molecular weight is 494 g/mol. The zero-order valence-corrected chi connectivity index (χ0v) is 20.8. The van der Waals surface area contributed by atoms with E-state index in [0.717, 1.165) is 32.8 Å². The van der Waals surface area contributed by atoms with Gasteiger partial charge in [-0.15, -0.1) is 0 Å². The van der Waals surface area contributed by atoms with Crippen LogP contribution in [-0.4, -0.2) is 22.4 Å². The molecule has 0 fully saturated rings. The summed E-state index contributed by atoms with van der Waals surface area (Å²) in [7, 11) is 1.61. The molecule has 0 saturated heterocycles. The van der Waals surface area contributed by atoms with Gasteiger partial charge < -0.3 is 9.72 Å². The molecule has 0 amide bonds. The number of rotatable bonds is 4. The average Bonchev–Trinajstić information content (AvgIpc) is 3.43. The lowest BCUT2D eigenvalue weighted by molar-refractivity contribution is -0.114. The van der Waals surface area contributed by atoms with Gasteiger partial charge in [0.2, 0.25) is 0 Å². The van der Waals surface area contributed by atoms with Crippen molar-refractivity contribution in [2.24, 2.45) is 4.99 Å². The summed E-state index contributed by atoms with van der Waals surface area (Å²) in [6.07, 6.45) is 3.80. The van der Waals surface area contributed by atoms with E-state index in [4.69, 9.17) is 9.73 Å². The van der Waals surface area contributed by atoms with Crippen molar-refractivity contribution in [2.75, 3.05) is 7.11 Å². The first-order valence-corrected chi connectivity index (χ1v) is 12.4. The molecule has 36 heavy (non-hydrogen) atoms. The number of para-hydroxylation sites is 1. The van der Waals surface area contributed by atoms with E-state index in [9.17, 15) is 9.59 Å². The molecule has 0 radical (unpaired) electrons. The first-order chi connectivity index (χ1) is 17.5. The largest absolute Gasteiger partial charge is 0.496 e. The highest BCUT2D eigenvalue weighted by Crippen LogP contribution is 2.40. The summed E-state index contributed by atoms with van der Waals surface area (Å²) in [5.74, 6) is 0.500. The molecule has 5 aromatic rings. The van der Waals surface area contributed by atoms with Gasteiger partial charge in [-0.3, -0.25) is 14.2 Å². The van der Waals surface area contributed by atoms with Crippen LogP contribution in [0.4, 0.5) is 0 Å². The van der Waals surface area contributed by atoms with Crippen molar-refractivity contribution in [3.8, 4) is 5.75 Å². The summed E-state index contributed by atoms with van der Waals surface area (Å²) >= 11 is 1.33. The van der Waals surface area contributed by atoms with E-state index in [1.165, 1.54) is 18.3 Å². The summed E-state index contributed by atoms with van der Waals surface area (Å²) in [6.45, 7) is 3.36. The molecule has 178 valence electrons. The molecule has 0 bridgehead atoms. The fourth-order valence-corrected chi connectivity index (χ4v) is 6.17. The Hall–Kier alpha value is -4.23. The van der Waals surface area contributed by atoms with Gasteiger partial charge in [0.25, 0.3) is 5.56 Å². The van der Waals surface area contributed by atoms with Gasteiger partial charge in [-0.2, -0.15) is 0 Å². The third kappa shape index (κ3) is 3.35. The lowest BCUT2D eigenvalue weighted by Gasteiger charge is -2.27. The highest BCUT2D eigenvalue weighted by Gasteiger charge is 2.33. The summed E-state index contributed by atoms with van der Waals surface area (Å²) in [5.41, 5.74) is 3.64. The molecule has 1 aliphatic heterocycles. The quantitative estimate of drug-likeness (QED) is 0.401. The summed E-state index contributed by atoms with van der Waals surface area (Å²) in [4.78, 5) is 35.5. The minimum absolute atomic E-state index is 0.123. The predicted molar refractivity (Wildman–Crippen MR) is 143 cm³/mol. The Labute approximate surface area is 210 Å². The maximum Gasteiger partial charge on any atom is 0.271 e. The standard InChI is InChI=1S/C29H23N3O3S/c1-16-25(17(2)33)27(26-21-10-5-4-8-18(21)12-13-23(26)35-3)32-28(34)24(36-29(32)31-16)14-19-15-30-22-11-7-6-9-20(19)22/h4-15,27,30H,1-3H3. The van der Waals surface area contributed by atoms with E-state index in [1.54, 1.807) is 11.7 Å². The van der Waals surface area contributed by atoms with Crippen LogP contribution in [0.2, 0.25) is 0 Å². The van der Waals surface area contributed by atoms with Crippen LogP contribution in [0.5, 0.6) is 5.75 Å². The van der Waals surface area contributed by atoms with Crippen LogP contribution in [0.1, 0.15) is 31.0 Å². The minimum atomic E-state index is -0.648. The number of thiazole rings is 1. The summed E-state index contributed by atoms with van der Waals surface area (Å²) in [6, 6.07) is 19.2. The predicted octanol–water partition coefficient (Wildman–Crippen LogP) is 4.47. The normalized spacial score (nSPS) is 15.9. The number of H-pyrrole nitrogens is 1. The number of nitrogens with zero attached hydrogens (tertiary/aromatic N) is 2. The van der Waals surface area contributed by atoms with Crippen LogP contribution in [-0.2, 0) is 4.79 Å². The van der Waals surface area contributed by atoms with E-state index < -0.39 is 6.04 Å². The second-order valence-corrected chi connectivity index (χ2v) is 9.84. The Kier molecular flexibility index (Phi) is 5.23. The number of carbonyl (C=O) groups is 1. The number of allylic oxidation sites excluding steroid dienone is 2. The number of fused-ring (bicyclic) bond motifs is 3. The van der Waals surface area contributed by atoms with Crippen LogP contribution >= 0.6 is 11.3 Å². The van der Waals surface area contributed by atoms with Gasteiger partial charge in [0, 0.05) is 39.5 Å². The molecule has 1 unspecified atom stereocenters. The van der Waals surface area contributed by atoms with Crippen molar-refractivity contribution in [3.05, 3.63) is 109 Å². The monoisotopic (exact) mass is 493 g/mol. The summed E-state index contributed by atoms with van der Waals surface area (Å²) in [5, 5.41) is 2.98. The first kappa shape index (κ1) is 22.2. The Morgan fingerprint density at radius 3 is 2.61 bits per heavy atom. The van der Waals surface area contributed by atoms with E-state index in [0.29, 0.717) is 26.4 Å². The Morgan fingerprint density at radius 1 is 1.08 bits per heavy atom. The number of methoxy groups -OCH3 is 1. The SMILES string of the molecule is COc1ccc2ccccc2c1C1C(C(C)=O)=C(C)N=c2sc(=Cc3c[nH]c4ccccc34)c(=O)n21. The minimum Gasteiger partial charge on any atom is -0.496 e. The van der Waals surface area contributed by atoms with Gasteiger partial charge in [-0.05, 0) is 42.8 Å². The fourth-order valence-electron chi connectivity index (χ4n) is 5.13. The van der Waals surface area contributed by atoms with E-state index in [1.807, 2.05) is 79.9 Å². The molecular formula is C29H23N3O3S. The van der Waals surface area contributed by atoms with Gasteiger partial charge in [0.1, 0.15) is 5.75 Å². The highest BCUT2D eigenvalue weighted by molar-refractivity contribution is 7.07. The maximum atomic E-state index is 14.0. The third-order valence-electron chi connectivity index (χ3n) is 6.73. The fraction of sp³-hybridized carbons (Fsp3) is 0.138.